The van der Waals surface area contributed by atoms with E-state index in [0.29, 0.717) is 12.8 Å². The van der Waals surface area contributed by atoms with Crippen LogP contribution in [0.1, 0.15) is 38.5 Å². The molecule has 0 aromatic heterocycles. The van der Waals surface area contributed by atoms with Gasteiger partial charge in [-0.1, -0.05) is 25.7 Å². The average molecular weight is 233 g/mol. The zero-order valence-corrected chi connectivity index (χ0v) is 9.86. The number of rotatable bonds is 3. The van der Waals surface area contributed by atoms with Gasteiger partial charge in [-0.25, -0.2) is 13.1 Å². The van der Waals surface area contributed by atoms with Crippen LogP contribution in [0.5, 0.6) is 0 Å². The van der Waals surface area contributed by atoms with Crippen molar-refractivity contribution in [2.24, 2.45) is 5.73 Å². The topological polar surface area (TPSA) is 96.0 Å². The summed E-state index contributed by atoms with van der Waals surface area (Å²) in [5, 5.41) is 7.56. The number of sulfonamides is 1. The lowest BCUT2D eigenvalue weighted by Gasteiger charge is -2.31. The van der Waals surface area contributed by atoms with Gasteiger partial charge in [0.25, 0.3) is 0 Å². The van der Waals surface area contributed by atoms with Crippen LogP contribution in [-0.2, 0) is 10.0 Å². The molecule has 0 saturated heterocycles. The van der Waals surface area contributed by atoms with Crippen LogP contribution >= 0.6 is 0 Å². The molecule has 0 aliphatic heterocycles. The molecule has 1 saturated carbocycles. The Morgan fingerprint density at radius 1 is 1.27 bits per heavy atom. The zero-order valence-electron chi connectivity index (χ0n) is 9.04. The van der Waals surface area contributed by atoms with E-state index in [0.717, 1.165) is 31.9 Å². The summed E-state index contributed by atoms with van der Waals surface area (Å²) in [6.07, 6.45) is 6.39. The van der Waals surface area contributed by atoms with Gasteiger partial charge in [0, 0.05) is 0 Å². The highest BCUT2D eigenvalue weighted by atomic mass is 32.2. The van der Waals surface area contributed by atoms with Gasteiger partial charge in [0.15, 0.2) is 0 Å². The summed E-state index contributed by atoms with van der Waals surface area (Å²) in [7, 11) is -3.31. The molecule has 6 heteroatoms. The fourth-order valence-corrected chi connectivity index (χ4v) is 3.14. The van der Waals surface area contributed by atoms with E-state index < -0.39 is 15.6 Å². The minimum Gasteiger partial charge on any atom is -0.386 e. The van der Waals surface area contributed by atoms with E-state index in [2.05, 4.69) is 4.72 Å². The van der Waals surface area contributed by atoms with Crippen molar-refractivity contribution in [2.75, 3.05) is 6.26 Å². The molecule has 88 valence electrons. The third kappa shape index (κ3) is 3.46. The molecule has 0 bridgehead atoms. The average Bonchev–Trinajstić information content (AvgIpc) is 2.28. The van der Waals surface area contributed by atoms with Crippen molar-refractivity contribution < 1.29 is 8.42 Å². The lowest BCUT2D eigenvalue weighted by Crippen LogP contribution is -2.56. The molecule has 1 aliphatic carbocycles. The molecule has 5 nitrogen and oxygen atoms in total. The van der Waals surface area contributed by atoms with Crippen LogP contribution in [0.15, 0.2) is 0 Å². The SMILES string of the molecule is CS(=O)(=O)NC1(C(=N)N)CCCCCC1. The van der Waals surface area contributed by atoms with E-state index >= 15 is 0 Å². The Morgan fingerprint density at radius 3 is 2.07 bits per heavy atom. The van der Waals surface area contributed by atoms with Crippen molar-refractivity contribution in [3.8, 4) is 0 Å². The Labute approximate surface area is 91.0 Å². The second kappa shape index (κ2) is 4.49. The molecular formula is C9H19N3O2S. The first kappa shape index (κ1) is 12.4. The van der Waals surface area contributed by atoms with Crippen molar-refractivity contribution in [3.05, 3.63) is 0 Å². The molecule has 0 spiro atoms. The Morgan fingerprint density at radius 2 is 1.73 bits per heavy atom. The van der Waals surface area contributed by atoms with E-state index in [1.807, 2.05) is 0 Å². The van der Waals surface area contributed by atoms with Gasteiger partial charge in [0.1, 0.15) is 5.84 Å². The summed E-state index contributed by atoms with van der Waals surface area (Å²) in [5.74, 6) is -0.0603. The Hall–Kier alpha value is -0.620. The summed E-state index contributed by atoms with van der Waals surface area (Å²) in [5.41, 5.74) is 4.71. The Balaban J connectivity index is 2.90. The van der Waals surface area contributed by atoms with Gasteiger partial charge in [-0.15, -0.1) is 0 Å². The van der Waals surface area contributed by atoms with E-state index in [9.17, 15) is 8.42 Å². The normalized spacial score (nSPS) is 21.9. The Bertz CT molecular complexity index is 329. The molecule has 0 aromatic rings. The fraction of sp³-hybridized carbons (Fsp3) is 0.889. The monoisotopic (exact) mass is 233 g/mol. The van der Waals surface area contributed by atoms with Gasteiger partial charge < -0.3 is 5.73 Å². The standard InChI is InChI=1S/C9H19N3O2S/c1-15(13,14)12-9(8(10)11)6-4-2-3-5-7-9/h12H,2-7H2,1H3,(H3,10,11). The molecule has 0 aromatic carbocycles. The molecule has 1 fully saturated rings. The third-order valence-corrected chi connectivity index (χ3v) is 3.61. The van der Waals surface area contributed by atoms with Crippen LogP contribution in [-0.4, -0.2) is 26.0 Å². The van der Waals surface area contributed by atoms with Crippen LogP contribution in [0, 0.1) is 5.41 Å². The van der Waals surface area contributed by atoms with Crippen molar-refractivity contribution in [2.45, 2.75) is 44.1 Å². The van der Waals surface area contributed by atoms with Gasteiger partial charge in [-0.05, 0) is 12.8 Å². The van der Waals surface area contributed by atoms with Crippen LogP contribution < -0.4 is 10.5 Å². The maximum atomic E-state index is 11.3. The van der Waals surface area contributed by atoms with Gasteiger partial charge in [-0.2, -0.15) is 0 Å². The predicted molar refractivity (Wildman–Crippen MR) is 60.3 cm³/mol. The second-order valence-electron chi connectivity index (χ2n) is 4.28. The maximum absolute atomic E-state index is 11.3. The molecule has 1 aliphatic rings. The molecule has 1 rings (SSSR count). The van der Waals surface area contributed by atoms with Crippen LogP contribution in [0.25, 0.3) is 0 Å². The van der Waals surface area contributed by atoms with Crippen LogP contribution in [0.4, 0.5) is 0 Å². The highest BCUT2D eigenvalue weighted by Crippen LogP contribution is 2.27. The van der Waals surface area contributed by atoms with Crippen molar-refractivity contribution in [1.29, 1.82) is 5.41 Å². The van der Waals surface area contributed by atoms with Gasteiger partial charge >= 0.3 is 0 Å². The first-order valence-electron chi connectivity index (χ1n) is 5.19. The predicted octanol–water partition coefficient (Wildman–Crippen LogP) is 0.565. The first-order chi connectivity index (χ1) is 6.86. The number of nitrogens with two attached hydrogens (primary N) is 1. The highest BCUT2D eigenvalue weighted by molar-refractivity contribution is 7.88. The minimum absolute atomic E-state index is 0.0603. The summed E-state index contributed by atoms with van der Waals surface area (Å²) in [6, 6.07) is 0. The molecule has 0 atom stereocenters. The lowest BCUT2D eigenvalue weighted by molar-refractivity contribution is 0.436. The number of nitrogens with one attached hydrogen (secondary N) is 2. The molecule has 0 heterocycles. The Kier molecular flexibility index (Phi) is 3.72. The van der Waals surface area contributed by atoms with Gasteiger partial charge in [-0.3, -0.25) is 5.41 Å². The smallest absolute Gasteiger partial charge is 0.209 e. The quantitative estimate of drug-likeness (QED) is 0.377. The summed E-state index contributed by atoms with van der Waals surface area (Å²) in [6.45, 7) is 0. The number of hydrogen-bond acceptors (Lipinski definition) is 3. The molecular weight excluding hydrogens is 214 g/mol. The van der Waals surface area contributed by atoms with E-state index in [1.54, 1.807) is 0 Å². The second-order valence-corrected chi connectivity index (χ2v) is 6.03. The molecule has 4 N–H and O–H groups in total. The lowest BCUT2D eigenvalue weighted by atomic mass is 9.90. The molecule has 0 amide bonds. The summed E-state index contributed by atoms with van der Waals surface area (Å²) >= 11 is 0. The number of hydrogen-bond donors (Lipinski definition) is 3. The largest absolute Gasteiger partial charge is 0.386 e. The summed E-state index contributed by atoms with van der Waals surface area (Å²) < 4.78 is 25.0. The van der Waals surface area contributed by atoms with Crippen LogP contribution in [0.2, 0.25) is 0 Å². The fourth-order valence-electron chi connectivity index (χ4n) is 2.11. The molecule has 0 unspecified atom stereocenters. The van der Waals surface area contributed by atoms with Crippen molar-refractivity contribution in [3.63, 3.8) is 0 Å². The molecule has 15 heavy (non-hydrogen) atoms. The first-order valence-corrected chi connectivity index (χ1v) is 7.08. The van der Waals surface area contributed by atoms with Crippen molar-refractivity contribution in [1.82, 2.24) is 4.72 Å². The van der Waals surface area contributed by atoms with E-state index in [-0.39, 0.29) is 5.84 Å². The maximum Gasteiger partial charge on any atom is 0.209 e. The summed E-state index contributed by atoms with van der Waals surface area (Å²) in [4.78, 5) is 0. The third-order valence-electron chi connectivity index (χ3n) is 2.85. The highest BCUT2D eigenvalue weighted by Gasteiger charge is 2.36. The molecule has 0 radical (unpaired) electrons. The minimum atomic E-state index is -3.31. The zero-order chi connectivity index (χ0) is 11.5. The van der Waals surface area contributed by atoms with Gasteiger partial charge in [0.05, 0.1) is 11.8 Å². The van der Waals surface area contributed by atoms with Gasteiger partial charge in [0.2, 0.25) is 10.0 Å². The van der Waals surface area contributed by atoms with E-state index in [4.69, 9.17) is 11.1 Å². The van der Waals surface area contributed by atoms with Crippen LogP contribution in [0.3, 0.4) is 0 Å². The van der Waals surface area contributed by atoms with Crippen molar-refractivity contribution >= 4 is 15.9 Å². The van der Waals surface area contributed by atoms with E-state index in [1.165, 1.54) is 0 Å². The number of amidine groups is 1.